The zero-order chi connectivity index (χ0) is 30.9. The number of nitrogens with two attached hydrogens (primary N) is 1. The Morgan fingerprint density at radius 3 is 2.39 bits per heavy atom. The second kappa shape index (κ2) is 15.3. The first-order chi connectivity index (χ1) is 19.3. The highest BCUT2D eigenvalue weighted by molar-refractivity contribution is 6.02. The zero-order valence-electron chi connectivity index (χ0n) is 24.5. The van der Waals surface area contributed by atoms with Crippen LogP contribution in [0, 0.1) is 11.8 Å². The number of aliphatic hydroxyl groups excluding tert-OH is 1. The second-order valence-electron chi connectivity index (χ2n) is 10.1. The molecule has 2 heterocycles. The van der Waals surface area contributed by atoms with Gasteiger partial charge < -0.3 is 34.2 Å². The largest absolute Gasteiger partial charge is 0.492 e. The number of nitrogens with one attached hydrogen (secondary N) is 1. The zero-order valence-corrected chi connectivity index (χ0v) is 24.5. The summed E-state index contributed by atoms with van der Waals surface area (Å²) in [7, 11) is 4.15. The summed E-state index contributed by atoms with van der Waals surface area (Å²) in [5.74, 6) is -1.91. The van der Waals surface area contributed by atoms with Crippen molar-refractivity contribution in [3.05, 3.63) is 67.7 Å². The van der Waals surface area contributed by atoms with Gasteiger partial charge in [-0.25, -0.2) is 9.59 Å². The van der Waals surface area contributed by atoms with Crippen LogP contribution in [0.1, 0.15) is 39.7 Å². The first-order valence-electron chi connectivity index (χ1n) is 13.1. The molecule has 1 aliphatic heterocycles. The number of aliphatic hydroxyl groups is 1. The molecule has 12 heteroatoms. The summed E-state index contributed by atoms with van der Waals surface area (Å²) in [6.07, 6.45) is 2.30. The minimum atomic E-state index is -1.01. The molecule has 41 heavy (non-hydrogen) atoms. The highest BCUT2D eigenvalue weighted by Crippen LogP contribution is 2.25. The van der Waals surface area contributed by atoms with Gasteiger partial charge in [0.15, 0.2) is 11.9 Å². The molecule has 6 atom stereocenters. The first kappa shape index (κ1) is 33.5. The normalized spacial score (nSPS) is 29.7. The third-order valence-corrected chi connectivity index (χ3v) is 6.85. The predicted molar refractivity (Wildman–Crippen MR) is 152 cm³/mol. The van der Waals surface area contributed by atoms with E-state index in [1.54, 1.807) is 26.0 Å². The fourth-order valence-corrected chi connectivity index (χ4v) is 4.67. The number of fused-ring (bicyclic) bond motifs is 3. The summed E-state index contributed by atoms with van der Waals surface area (Å²) >= 11 is 0. The van der Waals surface area contributed by atoms with Crippen LogP contribution in [0.2, 0.25) is 0 Å². The fourth-order valence-electron chi connectivity index (χ4n) is 4.67. The van der Waals surface area contributed by atoms with Crippen molar-refractivity contribution in [1.29, 1.82) is 0 Å². The summed E-state index contributed by atoms with van der Waals surface area (Å²) in [5.41, 5.74) is 4.61. The Kier molecular flexibility index (Phi) is 12.5. The molecule has 0 aliphatic carbocycles. The van der Waals surface area contributed by atoms with Gasteiger partial charge in [0.2, 0.25) is 11.3 Å². The van der Waals surface area contributed by atoms with Gasteiger partial charge >= 0.3 is 11.7 Å². The van der Waals surface area contributed by atoms with Crippen molar-refractivity contribution in [3.8, 4) is 5.75 Å². The van der Waals surface area contributed by atoms with Gasteiger partial charge in [0.25, 0.3) is 5.91 Å². The monoisotopic (exact) mass is 576 g/mol. The van der Waals surface area contributed by atoms with Gasteiger partial charge in [-0.3, -0.25) is 14.9 Å². The van der Waals surface area contributed by atoms with E-state index < -0.39 is 53.4 Å². The van der Waals surface area contributed by atoms with Crippen molar-refractivity contribution in [1.82, 2.24) is 0 Å². The Bertz CT molecular complexity index is 1300. The number of carbonyl (C=O) groups excluding carboxylic acids is 2. The molecule has 4 N–H and O–H groups in total. The van der Waals surface area contributed by atoms with E-state index in [9.17, 15) is 24.3 Å². The lowest BCUT2D eigenvalue weighted by atomic mass is 9.88. The highest BCUT2D eigenvalue weighted by Gasteiger charge is 2.30. The third kappa shape index (κ3) is 9.13. The SMILES string of the molecule is COc1c2c(=O)oc(cc1=O)NC(=O)/C(C)=C/C=C\[C@H](OC)[C@@H](OC(N)=O)/C(C)=C/[C@H](C)[C@@H](O)[C@@H](OC)C[C@H](C)C2. The summed E-state index contributed by atoms with van der Waals surface area (Å²) < 4.78 is 27.1. The molecule has 12 nitrogen and oxygen atoms in total. The molecule has 1 aliphatic rings. The van der Waals surface area contributed by atoms with Crippen molar-refractivity contribution in [3.63, 3.8) is 0 Å². The Labute approximate surface area is 238 Å². The maximum absolute atomic E-state index is 13.0. The molecule has 226 valence electrons. The van der Waals surface area contributed by atoms with E-state index in [1.165, 1.54) is 40.4 Å². The lowest BCUT2D eigenvalue weighted by Gasteiger charge is -2.29. The number of ether oxygens (including phenoxy) is 4. The number of anilines is 1. The summed E-state index contributed by atoms with van der Waals surface area (Å²) in [4.78, 5) is 50.4. The van der Waals surface area contributed by atoms with E-state index in [1.807, 2.05) is 6.92 Å². The average Bonchev–Trinajstić information content (AvgIpc) is 3.01. The van der Waals surface area contributed by atoms with E-state index in [-0.39, 0.29) is 35.1 Å². The van der Waals surface area contributed by atoms with Crippen LogP contribution < -0.4 is 26.8 Å². The number of hydrogen-bond donors (Lipinski definition) is 3. The third-order valence-electron chi connectivity index (χ3n) is 6.85. The summed E-state index contributed by atoms with van der Waals surface area (Å²) in [6, 6.07) is 0.975. The Morgan fingerprint density at radius 1 is 1.12 bits per heavy atom. The van der Waals surface area contributed by atoms with Crippen LogP contribution >= 0.6 is 0 Å². The molecule has 1 aromatic rings. The first-order valence-corrected chi connectivity index (χ1v) is 13.1. The van der Waals surface area contributed by atoms with Gasteiger partial charge in [0, 0.05) is 25.7 Å². The smallest absolute Gasteiger partial charge is 0.405 e. The topological polar surface area (TPSA) is 177 Å². The van der Waals surface area contributed by atoms with Gasteiger partial charge in [-0.15, -0.1) is 0 Å². The van der Waals surface area contributed by atoms with Gasteiger partial charge in [-0.05, 0) is 38.2 Å². The Morgan fingerprint density at radius 2 is 1.80 bits per heavy atom. The van der Waals surface area contributed by atoms with E-state index in [4.69, 9.17) is 29.1 Å². The number of rotatable bonds is 4. The molecule has 0 unspecified atom stereocenters. The Balaban J connectivity index is 2.69. The van der Waals surface area contributed by atoms with Crippen LogP contribution in [-0.4, -0.2) is 62.9 Å². The minimum Gasteiger partial charge on any atom is -0.492 e. The van der Waals surface area contributed by atoms with Crippen molar-refractivity contribution >= 4 is 17.9 Å². The van der Waals surface area contributed by atoms with E-state index >= 15 is 0 Å². The summed E-state index contributed by atoms with van der Waals surface area (Å²) in [5, 5.41) is 13.6. The van der Waals surface area contributed by atoms with Crippen molar-refractivity contribution < 1.29 is 38.1 Å². The van der Waals surface area contributed by atoms with Crippen LogP contribution in [-0.2, 0) is 25.4 Å². The second-order valence-corrected chi connectivity index (χ2v) is 10.1. The number of allylic oxidation sites excluding steroid dienone is 2. The minimum absolute atomic E-state index is 0.000261. The lowest BCUT2D eigenvalue weighted by Crippen LogP contribution is -2.37. The lowest BCUT2D eigenvalue weighted by molar-refractivity contribution is -0.112. The predicted octanol–water partition coefficient (Wildman–Crippen LogP) is 2.47. The number of hydrogen-bond acceptors (Lipinski definition) is 10. The maximum Gasteiger partial charge on any atom is 0.405 e. The van der Waals surface area contributed by atoms with Gasteiger partial charge in [-0.1, -0.05) is 38.2 Å². The van der Waals surface area contributed by atoms with Crippen LogP contribution in [0.15, 0.2) is 55.5 Å². The van der Waals surface area contributed by atoms with Crippen LogP contribution in [0.4, 0.5) is 10.7 Å². The molecule has 0 saturated carbocycles. The molecule has 2 rings (SSSR count). The molecule has 0 radical (unpaired) electrons. The molecule has 0 aromatic carbocycles. The fraction of sp³-hybridized carbons (Fsp3) is 0.517. The van der Waals surface area contributed by atoms with Gasteiger partial charge in [0.05, 0.1) is 30.9 Å². The van der Waals surface area contributed by atoms with E-state index in [2.05, 4.69) is 5.32 Å². The van der Waals surface area contributed by atoms with Crippen LogP contribution in [0.3, 0.4) is 0 Å². The standard InChI is InChI=1S/C29H40N2O10/c1-15-11-19-26(39-7)20(32)14-23(40-28(19)35)31-27(34)16(2)9-8-10-21(37-5)25(41-29(30)36)18(4)13-17(3)24(33)22(12-15)38-6/h8-10,13-15,17,21-22,24-25,33H,11-12H2,1-7H3,(H2,30,36)(H,31,34)/b10-8-,16-9+,18-13+/t15-,17+,21+,22+,24-,25+/m1/s1. The number of methoxy groups -OCH3 is 3. The highest BCUT2D eigenvalue weighted by atomic mass is 16.6. The van der Waals surface area contributed by atoms with Crippen molar-refractivity contribution in [2.24, 2.45) is 17.6 Å². The number of primary amides is 1. The van der Waals surface area contributed by atoms with Gasteiger partial charge in [0.1, 0.15) is 6.10 Å². The molecule has 1 aromatic heterocycles. The molecular formula is C29H40N2O10. The molecule has 0 saturated heterocycles. The maximum atomic E-state index is 13.0. The number of carbonyl (C=O) groups is 2. The molecular weight excluding hydrogens is 536 g/mol. The van der Waals surface area contributed by atoms with E-state index in [0.717, 1.165) is 6.07 Å². The van der Waals surface area contributed by atoms with Crippen LogP contribution in [0.25, 0.3) is 0 Å². The van der Waals surface area contributed by atoms with Crippen molar-refractivity contribution in [2.75, 3.05) is 26.6 Å². The molecule has 2 amide bonds. The molecule has 0 fully saturated rings. The van der Waals surface area contributed by atoms with Gasteiger partial charge in [-0.2, -0.15) is 0 Å². The van der Waals surface area contributed by atoms with Crippen molar-refractivity contribution in [2.45, 2.75) is 65.0 Å². The van der Waals surface area contributed by atoms with Crippen LogP contribution in [0.5, 0.6) is 5.75 Å². The summed E-state index contributed by atoms with van der Waals surface area (Å²) in [6.45, 7) is 6.84. The van der Waals surface area contributed by atoms with E-state index in [0.29, 0.717) is 12.0 Å². The average molecular weight is 577 g/mol. The quantitative estimate of drug-likeness (QED) is 0.451. The number of amides is 2. The molecule has 0 spiro atoms. The Hall–Kier alpha value is -3.74. The molecule has 2 bridgehead atoms.